The largest absolute Gasteiger partial charge is 0.491 e. The standard InChI is InChI=1S/C16H20F2O.C2H4/c1-7-11(3)9-10-12(4)13(5)15(17)16(18)14(6)19-8-2;1-2/h9-10H,3-8H2,1-2H3;1-2H2/b10-9-,16-15-;. The first-order chi connectivity index (χ1) is 9.84. The molecule has 0 aliphatic heterocycles. The second-order valence-electron chi connectivity index (χ2n) is 3.83. The van der Waals surface area contributed by atoms with E-state index in [0.29, 0.717) is 0 Å². The molecule has 1 nitrogen and oxygen atoms in total. The molecular weight excluding hydrogens is 270 g/mol. The van der Waals surface area contributed by atoms with Crippen molar-refractivity contribution >= 4 is 0 Å². The van der Waals surface area contributed by atoms with Crippen molar-refractivity contribution in [2.45, 2.75) is 20.3 Å². The maximum absolute atomic E-state index is 13.8. The fourth-order valence-corrected chi connectivity index (χ4v) is 1.07. The molecular formula is C18H24F2O. The minimum absolute atomic E-state index is 0.140. The van der Waals surface area contributed by atoms with Crippen molar-refractivity contribution in [3.05, 3.63) is 85.8 Å². The third kappa shape index (κ3) is 7.88. The summed E-state index contributed by atoms with van der Waals surface area (Å²) in [7, 11) is 0. The lowest BCUT2D eigenvalue weighted by molar-refractivity contribution is 0.224. The normalized spacial score (nSPS) is 11.0. The molecule has 0 saturated heterocycles. The van der Waals surface area contributed by atoms with Crippen LogP contribution < -0.4 is 0 Å². The molecule has 0 spiro atoms. The quantitative estimate of drug-likeness (QED) is 0.297. The van der Waals surface area contributed by atoms with Crippen LogP contribution in [0.15, 0.2) is 85.8 Å². The van der Waals surface area contributed by atoms with Gasteiger partial charge in [0.25, 0.3) is 0 Å². The minimum Gasteiger partial charge on any atom is -0.491 e. The van der Waals surface area contributed by atoms with Crippen LogP contribution >= 0.6 is 0 Å². The number of rotatable bonds is 8. The second kappa shape index (κ2) is 11.6. The van der Waals surface area contributed by atoms with E-state index in [1.807, 2.05) is 6.92 Å². The van der Waals surface area contributed by atoms with E-state index in [1.165, 1.54) is 0 Å². The van der Waals surface area contributed by atoms with Gasteiger partial charge in [-0.15, -0.1) is 13.2 Å². The van der Waals surface area contributed by atoms with Gasteiger partial charge >= 0.3 is 0 Å². The van der Waals surface area contributed by atoms with Gasteiger partial charge in [0.1, 0.15) is 0 Å². The Balaban J connectivity index is 0. The van der Waals surface area contributed by atoms with Crippen molar-refractivity contribution in [2.24, 2.45) is 0 Å². The predicted octanol–water partition coefficient (Wildman–Crippen LogP) is 6.12. The van der Waals surface area contributed by atoms with E-state index in [4.69, 9.17) is 4.74 Å². The molecule has 0 N–H and O–H groups in total. The molecule has 116 valence electrons. The third-order valence-corrected chi connectivity index (χ3v) is 2.38. The molecule has 0 rings (SSSR count). The first kappa shape index (κ1) is 21.1. The van der Waals surface area contributed by atoms with Crippen LogP contribution in [0.1, 0.15) is 20.3 Å². The summed E-state index contributed by atoms with van der Waals surface area (Å²) in [5.41, 5.74) is 0.989. The zero-order valence-corrected chi connectivity index (χ0v) is 13.0. The van der Waals surface area contributed by atoms with Gasteiger partial charge in [-0.1, -0.05) is 51.0 Å². The molecule has 0 unspecified atom stereocenters. The molecule has 3 heteroatoms. The highest BCUT2D eigenvalue weighted by atomic mass is 19.2. The van der Waals surface area contributed by atoms with Crippen molar-refractivity contribution in [2.75, 3.05) is 6.61 Å². The van der Waals surface area contributed by atoms with Gasteiger partial charge in [-0.05, 0) is 18.9 Å². The summed E-state index contributed by atoms with van der Waals surface area (Å²) in [6, 6.07) is 0. The van der Waals surface area contributed by atoms with Crippen molar-refractivity contribution in [1.29, 1.82) is 0 Å². The molecule has 0 aromatic carbocycles. The van der Waals surface area contributed by atoms with Crippen molar-refractivity contribution < 1.29 is 13.5 Å². The fraction of sp³-hybridized carbons (Fsp3) is 0.222. The first-order valence-electron chi connectivity index (χ1n) is 6.46. The summed E-state index contributed by atoms with van der Waals surface area (Å²) in [4.78, 5) is 0. The predicted molar refractivity (Wildman–Crippen MR) is 88.1 cm³/mol. The lowest BCUT2D eigenvalue weighted by Crippen LogP contribution is -1.95. The van der Waals surface area contributed by atoms with Crippen LogP contribution in [0.5, 0.6) is 0 Å². The maximum atomic E-state index is 13.8. The van der Waals surface area contributed by atoms with Gasteiger partial charge in [0.05, 0.1) is 6.61 Å². The molecule has 0 aromatic heterocycles. The first-order valence-corrected chi connectivity index (χ1v) is 6.46. The molecule has 0 atom stereocenters. The van der Waals surface area contributed by atoms with Gasteiger partial charge < -0.3 is 4.74 Å². The van der Waals surface area contributed by atoms with Gasteiger partial charge in [-0.2, -0.15) is 4.39 Å². The molecule has 0 aromatic rings. The van der Waals surface area contributed by atoms with Crippen molar-refractivity contribution in [3.8, 4) is 0 Å². The molecule has 21 heavy (non-hydrogen) atoms. The van der Waals surface area contributed by atoms with Crippen LogP contribution in [0.4, 0.5) is 8.78 Å². The van der Waals surface area contributed by atoms with Gasteiger partial charge in [-0.25, -0.2) is 4.39 Å². The molecule has 0 heterocycles. The number of hydrogen-bond donors (Lipinski definition) is 0. The van der Waals surface area contributed by atoms with E-state index in [9.17, 15) is 8.78 Å². The van der Waals surface area contributed by atoms with Crippen LogP contribution in [0.3, 0.4) is 0 Å². The molecule has 0 bridgehead atoms. The van der Waals surface area contributed by atoms with E-state index in [1.54, 1.807) is 19.1 Å². The molecule has 0 fully saturated rings. The Morgan fingerprint density at radius 3 is 1.90 bits per heavy atom. The molecule has 0 saturated carbocycles. The summed E-state index contributed by atoms with van der Waals surface area (Å²) in [5, 5.41) is 0. The average molecular weight is 294 g/mol. The van der Waals surface area contributed by atoms with Crippen LogP contribution in [0.2, 0.25) is 0 Å². The highest BCUT2D eigenvalue weighted by Gasteiger charge is 2.15. The Labute approximate surface area is 127 Å². The summed E-state index contributed by atoms with van der Waals surface area (Å²) >= 11 is 0. The average Bonchev–Trinajstić information content (AvgIpc) is 2.51. The van der Waals surface area contributed by atoms with E-state index in [-0.39, 0.29) is 23.5 Å². The van der Waals surface area contributed by atoms with E-state index in [0.717, 1.165) is 12.0 Å². The summed E-state index contributed by atoms with van der Waals surface area (Å²) < 4.78 is 32.2. The second-order valence-corrected chi connectivity index (χ2v) is 3.83. The fourth-order valence-electron chi connectivity index (χ4n) is 1.07. The number of allylic oxidation sites excluding steroid dienone is 7. The smallest absolute Gasteiger partial charge is 0.200 e. The lowest BCUT2D eigenvalue weighted by atomic mass is 10.1. The molecule has 0 radical (unpaired) electrons. The van der Waals surface area contributed by atoms with Crippen LogP contribution in [0, 0.1) is 0 Å². The van der Waals surface area contributed by atoms with Gasteiger partial charge in [0.15, 0.2) is 11.6 Å². The van der Waals surface area contributed by atoms with Gasteiger partial charge in [-0.3, -0.25) is 0 Å². The molecule has 0 aliphatic carbocycles. The Bertz CT molecular complexity index is 468. The van der Waals surface area contributed by atoms with Crippen molar-refractivity contribution in [3.63, 3.8) is 0 Å². The number of halogens is 2. The van der Waals surface area contributed by atoms with E-state index in [2.05, 4.69) is 39.5 Å². The van der Waals surface area contributed by atoms with E-state index >= 15 is 0 Å². The van der Waals surface area contributed by atoms with Crippen molar-refractivity contribution in [1.82, 2.24) is 0 Å². The SMILES string of the molecule is C=C.C=C(/C=C\C(=C)C(=C)/C(F)=C(/F)C(=C)OCC)CC. The Hall–Kier alpha value is -2.16. The topological polar surface area (TPSA) is 9.23 Å². The van der Waals surface area contributed by atoms with Crippen LogP contribution in [-0.4, -0.2) is 6.61 Å². The monoisotopic (exact) mass is 294 g/mol. The van der Waals surface area contributed by atoms with Crippen LogP contribution in [-0.2, 0) is 4.74 Å². The Morgan fingerprint density at radius 2 is 1.48 bits per heavy atom. The lowest BCUT2D eigenvalue weighted by Gasteiger charge is -2.08. The summed E-state index contributed by atoms with van der Waals surface area (Å²) in [6.07, 6.45) is 4.00. The number of ether oxygens (including phenoxy) is 1. The minimum atomic E-state index is -1.16. The summed E-state index contributed by atoms with van der Waals surface area (Å²) in [5.74, 6) is -2.62. The van der Waals surface area contributed by atoms with Crippen LogP contribution in [0.25, 0.3) is 0 Å². The zero-order valence-electron chi connectivity index (χ0n) is 13.0. The third-order valence-electron chi connectivity index (χ3n) is 2.38. The Morgan fingerprint density at radius 1 is 0.952 bits per heavy atom. The Kier molecular flexibility index (Phi) is 11.7. The highest BCUT2D eigenvalue weighted by molar-refractivity contribution is 5.49. The molecule has 0 amide bonds. The zero-order chi connectivity index (χ0) is 17.0. The maximum Gasteiger partial charge on any atom is 0.200 e. The highest BCUT2D eigenvalue weighted by Crippen LogP contribution is 2.26. The molecule has 0 aliphatic rings. The van der Waals surface area contributed by atoms with Gasteiger partial charge in [0, 0.05) is 5.57 Å². The van der Waals surface area contributed by atoms with E-state index < -0.39 is 11.7 Å². The summed E-state index contributed by atoms with van der Waals surface area (Å²) in [6.45, 7) is 24.0. The number of hydrogen-bond acceptors (Lipinski definition) is 1. The van der Waals surface area contributed by atoms with Gasteiger partial charge in [0.2, 0.25) is 5.83 Å².